The van der Waals surface area contributed by atoms with E-state index in [0.717, 1.165) is 18.7 Å². The number of nitrogens with zero attached hydrogens (tertiary/aromatic N) is 3. The molecular weight excluding hydrogens is 438 g/mol. The number of fused-ring (bicyclic) bond motifs is 3. The van der Waals surface area contributed by atoms with E-state index >= 15 is 0 Å². The molecule has 0 atom stereocenters. The molecule has 0 aliphatic carbocycles. The molecule has 3 aromatic carbocycles. The van der Waals surface area contributed by atoms with E-state index < -0.39 is 10.0 Å². The van der Waals surface area contributed by atoms with Gasteiger partial charge < -0.3 is 14.7 Å². The van der Waals surface area contributed by atoms with Gasteiger partial charge in [0.15, 0.2) is 11.5 Å². The van der Waals surface area contributed by atoms with Crippen LogP contribution in [0.25, 0.3) is 10.8 Å². The molecule has 172 valence electrons. The van der Waals surface area contributed by atoms with Gasteiger partial charge in [-0.3, -0.25) is 0 Å². The molecule has 2 aliphatic rings. The minimum absolute atomic E-state index is 0.0772. The van der Waals surface area contributed by atoms with Crippen LogP contribution in [-0.2, 0) is 10.0 Å². The van der Waals surface area contributed by atoms with Gasteiger partial charge in [0.1, 0.15) is 11.0 Å². The number of hydrogen-bond donors (Lipinski definition) is 1. The average Bonchev–Trinajstić information content (AvgIpc) is 3.07. The monoisotopic (exact) mass is 465 g/mol. The Labute approximate surface area is 193 Å². The Kier molecular flexibility index (Phi) is 5.80. The third-order valence-electron chi connectivity index (χ3n) is 6.20. The first-order valence-electron chi connectivity index (χ1n) is 11.5. The summed E-state index contributed by atoms with van der Waals surface area (Å²) in [5, 5.41) is 11.9. The topological polar surface area (TPSA) is 91.6 Å². The number of aliphatic hydroxyl groups excluding tert-OH is 1. The third-order valence-corrected chi connectivity index (χ3v) is 7.53. The second-order valence-corrected chi connectivity index (χ2v) is 10.1. The molecule has 0 fully saturated rings. The summed E-state index contributed by atoms with van der Waals surface area (Å²) in [4.78, 5) is 7.19. The molecule has 2 aliphatic heterocycles. The average molecular weight is 466 g/mol. The van der Waals surface area contributed by atoms with Crippen LogP contribution in [0.3, 0.4) is 0 Å². The minimum Gasteiger partial charge on any atom is -0.453 e. The van der Waals surface area contributed by atoms with Crippen molar-refractivity contribution in [1.82, 2.24) is 0 Å². The van der Waals surface area contributed by atoms with E-state index in [0.29, 0.717) is 45.2 Å². The zero-order chi connectivity index (χ0) is 23.0. The standard InChI is InChI=1S/C25H27N3O4S/c1-2-3-4-5-6-12-28(13-14-29)17-10-11-19-21(15-17)32-22-16-20-24-18(25(22)26-19)8-7-9-23(24)33(30,31)27-20/h7-11,15-16,29H,2-6,12-14H2,1H3. The largest absolute Gasteiger partial charge is 0.453 e. The molecule has 0 unspecified atom stereocenters. The van der Waals surface area contributed by atoms with Crippen molar-refractivity contribution in [3.05, 3.63) is 53.2 Å². The number of aliphatic hydroxyl groups is 1. The van der Waals surface area contributed by atoms with Gasteiger partial charge in [0.25, 0.3) is 10.0 Å². The number of ether oxygens (including phenoxy) is 1. The Hall–Kier alpha value is -2.97. The number of rotatable bonds is 9. The van der Waals surface area contributed by atoms with E-state index in [1.54, 1.807) is 18.2 Å². The van der Waals surface area contributed by atoms with Crippen molar-refractivity contribution in [2.45, 2.75) is 43.9 Å². The predicted molar refractivity (Wildman–Crippen MR) is 128 cm³/mol. The molecule has 33 heavy (non-hydrogen) atoms. The fourth-order valence-corrected chi connectivity index (χ4v) is 5.78. The molecule has 0 aromatic heterocycles. The Morgan fingerprint density at radius 2 is 1.85 bits per heavy atom. The van der Waals surface area contributed by atoms with Gasteiger partial charge in [0, 0.05) is 41.7 Å². The molecule has 0 spiro atoms. The molecule has 1 N–H and O–H groups in total. The highest BCUT2D eigenvalue weighted by molar-refractivity contribution is 7.90. The first-order valence-corrected chi connectivity index (χ1v) is 12.9. The highest BCUT2D eigenvalue weighted by Crippen LogP contribution is 2.38. The van der Waals surface area contributed by atoms with Crippen LogP contribution in [0.1, 0.15) is 39.0 Å². The van der Waals surface area contributed by atoms with Crippen LogP contribution in [0.15, 0.2) is 56.8 Å². The van der Waals surface area contributed by atoms with Crippen molar-refractivity contribution in [1.29, 1.82) is 0 Å². The second kappa shape index (κ2) is 8.76. The van der Waals surface area contributed by atoms with Gasteiger partial charge in [-0.1, -0.05) is 44.7 Å². The summed E-state index contributed by atoms with van der Waals surface area (Å²) in [6.07, 6.45) is 5.93. The Bertz CT molecular complexity index is 1450. The number of hydrogen-bond acceptors (Lipinski definition) is 6. The molecule has 0 saturated carbocycles. The van der Waals surface area contributed by atoms with Crippen molar-refractivity contribution in [3.8, 4) is 11.5 Å². The molecular formula is C25H27N3O4S. The molecule has 0 radical (unpaired) electrons. The van der Waals surface area contributed by atoms with Crippen molar-refractivity contribution in [2.24, 2.45) is 9.39 Å². The number of benzene rings is 3. The van der Waals surface area contributed by atoms with Gasteiger partial charge in [-0.15, -0.1) is 0 Å². The summed E-state index contributed by atoms with van der Waals surface area (Å²) in [6, 6.07) is 12.7. The van der Waals surface area contributed by atoms with E-state index in [9.17, 15) is 13.5 Å². The Morgan fingerprint density at radius 3 is 2.67 bits per heavy atom. The summed E-state index contributed by atoms with van der Waals surface area (Å²) < 4.78 is 35.0. The summed E-state index contributed by atoms with van der Waals surface area (Å²) in [7, 11) is -3.70. The fraction of sp³-hybridized carbons (Fsp3) is 0.360. The zero-order valence-electron chi connectivity index (χ0n) is 18.6. The smallest absolute Gasteiger partial charge is 0.283 e. The molecule has 5 rings (SSSR count). The van der Waals surface area contributed by atoms with Crippen LogP contribution >= 0.6 is 0 Å². The summed E-state index contributed by atoms with van der Waals surface area (Å²) >= 11 is 0. The van der Waals surface area contributed by atoms with Crippen molar-refractivity contribution >= 4 is 32.2 Å². The zero-order valence-corrected chi connectivity index (χ0v) is 19.4. The summed E-state index contributed by atoms with van der Waals surface area (Å²) in [5.41, 5.74) is 1.66. The number of sulfonamides is 1. The maximum Gasteiger partial charge on any atom is 0.283 e. The maximum absolute atomic E-state index is 12.4. The normalized spacial score (nSPS) is 14.7. The first-order chi connectivity index (χ1) is 16.0. The minimum atomic E-state index is -3.70. The number of anilines is 1. The highest BCUT2D eigenvalue weighted by atomic mass is 32.2. The van der Waals surface area contributed by atoms with Crippen LogP contribution in [0.2, 0.25) is 0 Å². The van der Waals surface area contributed by atoms with Crippen LogP contribution in [0.5, 0.6) is 11.5 Å². The van der Waals surface area contributed by atoms with Crippen molar-refractivity contribution in [2.75, 3.05) is 24.6 Å². The van der Waals surface area contributed by atoms with Crippen LogP contribution in [-0.4, -0.2) is 33.2 Å². The van der Waals surface area contributed by atoms with E-state index in [4.69, 9.17) is 9.73 Å². The van der Waals surface area contributed by atoms with Crippen molar-refractivity contribution in [3.63, 3.8) is 0 Å². The highest BCUT2D eigenvalue weighted by Gasteiger charge is 2.26. The first kappa shape index (κ1) is 21.9. The van der Waals surface area contributed by atoms with Gasteiger partial charge in [0.2, 0.25) is 0 Å². The van der Waals surface area contributed by atoms with Gasteiger partial charge in [0.05, 0.1) is 16.9 Å². The lowest BCUT2D eigenvalue weighted by atomic mass is 10.1. The predicted octanol–water partition coefficient (Wildman–Crippen LogP) is 3.99. The summed E-state index contributed by atoms with van der Waals surface area (Å²) in [6.45, 7) is 3.70. The third kappa shape index (κ3) is 3.98. The summed E-state index contributed by atoms with van der Waals surface area (Å²) in [5.74, 6) is 1.10. The van der Waals surface area contributed by atoms with E-state index in [1.807, 2.05) is 24.3 Å². The van der Waals surface area contributed by atoms with E-state index in [1.165, 1.54) is 25.7 Å². The van der Waals surface area contributed by atoms with Gasteiger partial charge in [-0.25, -0.2) is 4.99 Å². The SMILES string of the molecule is CCCCCCCN(CCO)c1ccc2c(c1)Oc1cc3c4c(cccc4c1=N2)S(=O)(=O)N=3. The van der Waals surface area contributed by atoms with Gasteiger partial charge in [-0.2, -0.15) is 12.8 Å². The van der Waals surface area contributed by atoms with Gasteiger partial charge >= 0.3 is 0 Å². The van der Waals surface area contributed by atoms with Gasteiger partial charge in [-0.05, 0) is 24.6 Å². The Balaban J connectivity index is 1.50. The molecule has 0 bridgehead atoms. The second-order valence-electron chi connectivity index (χ2n) is 8.48. The molecule has 7 nitrogen and oxygen atoms in total. The fourth-order valence-electron chi connectivity index (χ4n) is 4.56. The van der Waals surface area contributed by atoms with Crippen molar-refractivity contribution < 1.29 is 18.3 Å². The lowest BCUT2D eigenvalue weighted by molar-refractivity contribution is 0.301. The van der Waals surface area contributed by atoms with Crippen LogP contribution < -0.4 is 20.4 Å². The molecule has 3 aromatic rings. The quantitative estimate of drug-likeness (QED) is 0.378. The lowest BCUT2D eigenvalue weighted by Crippen LogP contribution is -2.27. The van der Waals surface area contributed by atoms with E-state index in [2.05, 4.69) is 16.2 Å². The molecule has 0 amide bonds. The maximum atomic E-state index is 12.4. The Morgan fingerprint density at radius 1 is 1.00 bits per heavy atom. The molecule has 0 saturated heterocycles. The van der Waals surface area contributed by atoms with E-state index in [-0.39, 0.29) is 11.5 Å². The van der Waals surface area contributed by atoms with Crippen LogP contribution in [0, 0.1) is 0 Å². The molecule has 8 heteroatoms. The lowest BCUT2D eigenvalue weighted by Gasteiger charge is -2.25. The van der Waals surface area contributed by atoms with Crippen LogP contribution in [0.4, 0.5) is 11.4 Å². The molecule has 2 heterocycles. The number of unbranched alkanes of at least 4 members (excludes halogenated alkanes) is 4.